The standard InChI is InChI=1S/C25H28ClN5O6.C4H10.C2H6/c1-6-14-13-30(23(32)36-14)22-15-12-27-21(26)11-16(15)31(28-22)18-10-20-17(9-19(18)34-5)29(7-8-35-20)24(33)37-25(2,3)4;1-3-4-2;1-2/h9-12,14H,6-8,13H2,1-5H3;3-4H2,1-2H3;1-2H3. The van der Waals surface area contributed by atoms with Crippen LogP contribution in [0.25, 0.3) is 16.6 Å². The van der Waals surface area contributed by atoms with Gasteiger partial charge in [-0.2, -0.15) is 0 Å². The van der Waals surface area contributed by atoms with Gasteiger partial charge < -0.3 is 18.9 Å². The number of hydrogen-bond acceptors (Lipinski definition) is 8. The van der Waals surface area contributed by atoms with Crippen LogP contribution >= 0.6 is 11.6 Å². The lowest BCUT2D eigenvalue weighted by molar-refractivity contribution is 0.0567. The number of carbonyl (C=O) groups is 2. The van der Waals surface area contributed by atoms with Gasteiger partial charge in [0.05, 0.1) is 36.8 Å². The molecule has 4 heterocycles. The Morgan fingerprint density at radius 3 is 2.40 bits per heavy atom. The van der Waals surface area contributed by atoms with Gasteiger partial charge in [0.2, 0.25) is 0 Å². The van der Waals surface area contributed by atoms with Crippen LogP contribution in [0.5, 0.6) is 11.5 Å². The molecule has 2 amide bonds. The molecule has 3 aromatic rings. The number of nitrogens with zero attached hydrogens (tertiary/aromatic N) is 5. The number of unbranched alkanes of at least 4 members (excludes halogenated alkanes) is 1. The fraction of sp³-hybridized carbons (Fsp3) is 0.548. The van der Waals surface area contributed by atoms with Gasteiger partial charge in [-0.05, 0) is 27.2 Å². The summed E-state index contributed by atoms with van der Waals surface area (Å²) in [6.45, 7) is 16.8. The van der Waals surface area contributed by atoms with Crippen LogP contribution in [0.2, 0.25) is 5.15 Å². The monoisotopic (exact) mass is 617 g/mol. The fourth-order valence-electron chi connectivity index (χ4n) is 4.33. The van der Waals surface area contributed by atoms with Crippen LogP contribution in [-0.4, -0.2) is 65.5 Å². The van der Waals surface area contributed by atoms with Crippen LogP contribution < -0.4 is 19.3 Å². The SMILES string of the molecule is CC.CCC1CN(c2nn(-c3cc4c(cc3OC)N(C(=O)OC(C)(C)C)CCO4)c3cc(Cl)ncc23)C(=O)O1.CCCC. The second-order valence-electron chi connectivity index (χ2n) is 10.8. The number of fused-ring (bicyclic) bond motifs is 2. The molecule has 0 radical (unpaired) electrons. The van der Waals surface area contributed by atoms with Gasteiger partial charge in [0, 0.05) is 24.4 Å². The van der Waals surface area contributed by atoms with Crippen molar-refractivity contribution in [2.75, 3.05) is 36.6 Å². The molecular formula is C31H44ClN5O6. The van der Waals surface area contributed by atoms with Crippen molar-refractivity contribution in [2.45, 2.75) is 86.4 Å². The number of rotatable bonds is 5. The highest BCUT2D eigenvalue weighted by Gasteiger charge is 2.35. The van der Waals surface area contributed by atoms with Gasteiger partial charge in [-0.3, -0.25) is 9.80 Å². The molecule has 0 saturated carbocycles. The van der Waals surface area contributed by atoms with Crippen LogP contribution in [0.1, 0.15) is 74.7 Å². The minimum Gasteiger partial charge on any atom is -0.494 e. The van der Waals surface area contributed by atoms with Crippen LogP contribution in [-0.2, 0) is 9.47 Å². The van der Waals surface area contributed by atoms with Crippen LogP contribution in [0.3, 0.4) is 0 Å². The van der Waals surface area contributed by atoms with Crippen LogP contribution in [0, 0.1) is 0 Å². The predicted molar refractivity (Wildman–Crippen MR) is 169 cm³/mol. The van der Waals surface area contributed by atoms with Crippen molar-refractivity contribution in [1.29, 1.82) is 0 Å². The number of halogens is 1. The van der Waals surface area contributed by atoms with E-state index in [0.717, 1.165) is 0 Å². The van der Waals surface area contributed by atoms with Crippen molar-refractivity contribution in [2.24, 2.45) is 0 Å². The first-order chi connectivity index (χ1) is 20.5. The second-order valence-corrected chi connectivity index (χ2v) is 11.1. The maximum absolute atomic E-state index is 12.9. The number of aromatic nitrogens is 3. The molecule has 1 unspecified atom stereocenters. The highest BCUT2D eigenvalue weighted by Crippen LogP contribution is 2.42. The molecule has 12 heteroatoms. The number of carbonyl (C=O) groups excluding carboxylic acids is 2. The molecule has 11 nitrogen and oxygen atoms in total. The average Bonchev–Trinajstić information content (AvgIpc) is 3.55. The van der Waals surface area contributed by atoms with Gasteiger partial charge in [-0.25, -0.2) is 19.3 Å². The summed E-state index contributed by atoms with van der Waals surface area (Å²) < 4.78 is 24.3. The minimum atomic E-state index is -0.648. The molecule has 1 saturated heterocycles. The molecule has 1 atom stereocenters. The van der Waals surface area contributed by atoms with Crippen molar-refractivity contribution in [1.82, 2.24) is 14.8 Å². The van der Waals surface area contributed by atoms with Crippen LogP contribution in [0.4, 0.5) is 21.1 Å². The number of pyridine rings is 1. The third kappa shape index (κ3) is 7.62. The Bertz CT molecular complexity index is 1420. The second kappa shape index (κ2) is 14.6. The Morgan fingerprint density at radius 2 is 1.81 bits per heavy atom. The summed E-state index contributed by atoms with van der Waals surface area (Å²) in [6, 6.07) is 5.12. The molecule has 0 N–H and O–H groups in total. The van der Waals surface area contributed by atoms with Crippen LogP contribution in [0.15, 0.2) is 24.4 Å². The lowest BCUT2D eigenvalue weighted by Crippen LogP contribution is -2.41. The summed E-state index contributed by atoms with van der Waals surface area (Å²) >= 11 is 6.25. The van der Waals surface area contributed by atoms with Gasteiger partial charge in [0.1, 0.15) is 40.7 Å². The highest BCUT2D eigenvalue weighted by atomic mass is 35.5. The smallest absolute Gasteiger partial charge is 0.416 e. The molecular weight excluding hydrogens is 574 g/mol. The lowest BCUT2D eigenvalue weighted by atomic mass is 10.2. The summed E-state index contributed by atoms with van der Waals surface area (Å²) in [6.07, 6.45) is 3.74. The zero-order valence-electron chi connectivity index (χ0n) is 26.7. The van der Waals surface area contributed by atoms with Crippen molar-refractivity contribution in [3.8, 4) is 17.2 Å². The third-order valence-electron chi connectivity index (χ3n) is 6.56. The van der Waals surface area contributed by atoms with Gasteiger partial charge in [0.25, 0.3) is 0 Å². The topological polar surface area (TPSA) is 108 Å². The van der Waals surface area contributed by atoms with E-state index in [2.05, 4.69) is 18.8 Å². The predicted octanol–water partition coefficient (Wildman–Crippen LogP) is 7.78. The molecule has 43 heavy (non-hydrogen) atoms. The summed E-state index contributed by atoms with van der Waals surface area (Å²) in [4.78, 5) is 32.7. The van der Waals surface area contributed by atoms with Gasteiger partial charge in [-0.1, -0.05) is 59.1 Å². The lowest BCUT2D eigenvalue weighted by Gasteiger charge is -2.32. The Kier molecular flexibility index (Phi) is 11.5. The van der Waals surface area contributed by atoms with E-state index in [9.17, 15) is 9.59 Å². The average molecular weight is 618 g/mol. The molecule has 2 aliphatic heterocycles. The summed E-state index contributed by atoms with van der Waals surface area (Å²) in [7, 11) is 1.53. The normalized spacial score (nSPS) is 15.9. The Hall–Kier alpha value is -3.73. The first-order valence-electron chi connectivity index (χ1n) is 14.9. The number of anilines is 2. The first kappa shape index (κ1) is 33.8. The fourth-order valence-corrected chi connectivity index (χ4v) is 4.48. The molecule has 1 aromatic carbocycles. The number of cyclic esters (lactones) is 1. The first-order valence-corrected chi connectivity index (χ1v) is 15.3. The van der Waals surface area contributed by atoms with E-state index in [1.165, 1.54) is 29.8 Å². The van der Waals surface area contributed by atoms with Crippen molar-refractivity contribution in [3.63, 3.8) is 0 Å². The van der Waals surface area contributed by atoms with Crippen molar-refractivity contribution >= 4 is 46.2 Å². The van der Waals surface area contributed by atoms with Crippen molar-refractivity contribution < 1.29 is 28.5 Å². The number of methoxy groups -OCH3 is 1. The Morgan fingerprint density at radius 1 is 1.12 bits per heavy atom. The Labute approximate surface area is 259 Å². The van der Waals surface area contributed by atoms with E-state index in [1.807, 2.05) is 41.5 Å². The summed E-state index contributed by atoms with van der Waals surface area (Å²) in [5.41, 5.74) is 1.02. The Balaban J connectivity index is 0.000000780. The zero-order chi connectivity index (χ0) is 31.9. The van der Waals surface area contributed by atoms with Gasteiger partial charge in [-0.15, -0.1) is 5.10 Å². The van der Waals surface area contributed by atoms with E-state index >= 15 is 0 Å². The number of ether oxygens (including phenoxy) is 4. The molecule has 0 aliphatic carbocycles. The minimum absolute atomic E-state index is 0.224. The molecule has 1 fully saturated rings. The third-order valence-corrected chi connectivity index (χ3v) is 6.77. The summed E-state index contributed by atoms with van der Waals surface area (Å²) in [5, 5.41) is 5.65. The molecule has 0 spiro atoms. The maximum atomic E-state index is 12.9. The maximum Gasteiger partial charge on any atom is 0.416 e. The van der Waals surface area contributed by atoms with Crippen molar-refractivity contribution in [3.05, 3.63) is 29.5 Å². The van der Waals surface area contributed by atoms with E-state index in [4.69, 9.17) is 35.6 Å². The molecule has 2 aliphatic rings. The summed E-state index contributed by atoms with van der Waals surface area (Å²) in [5.74, 6) is 1.29. The van der Waals surface area contributed by atoms with E-state index in [1.54, 1.807) is 29.1 Å². The van der Waals surface area contributed by atoms with Gasteiger partial charge >= 0.3 is 12.2 Å². The number of hydrogen-bond donors (Lipinski definition) is 0. The van der Waals surface area contributed by atoms with Gasteiger partial charge in [0.15, 0.2) is 5.82 Å². The molecule has 0 bridgehead atoms. The highest BCUT2D eigenvalue weighted by molar-refractivity contribution is 6.30. The van der Waals surface area contributed by atoms with E-state index in [0.29, 0.717) is 59.1 Å². The molecule has 2 aromatic heterocycles. The largest absolute Gasteiger partial charge is 0.494 e. The number of amides is 2. The molecule has 5 rings (SSSR count). The molecule has 236 valence electrons. The quantitative estimate of drug-likeness (QED) is 0.267. The van der Waals surface area contributed by atoms with E-state index in [-0.39, 0.29) is 17.9 Å². The zero-order valence-corrected chi connectivity index (χ0v) is 27.4. The number of benzene rings is 1. The van der Waals surface area contributed by atoms with E-state index < -0.39 is 17.8 Å².